The molecule has 3 heteroatoms. The molecule has 0 heterocycles. The van der Waals surface area contributed by atoms with Crippen LogP contribution in [0.5, 0.6) is 0 Å². The first kappa shape index (κ1) is 14.2. The lowest BCUT2D eigenvalue weighted by molar-refractivity contribution is 0.610. The highest BCUT2D eigenvalue weighted by atomic mass is 79.9. The van der Waals surface area contributed by atoms with Gasteiger partial charge in [0.15, 0.2) is 0 Å². The standard InChI is InChI=1S/C16H17BrFN/c1-10-4-5-12(8-11(10)2)16(19-3)13-6-7-14(17)15(18)9-13/h4-9,16,19H,1-3H3. The van der Waals surface area contributed by atoms with Crippen LogP contribution in [0, 0.1) is 19.7 Å². The van der Waals surface area contributed by atoms with Gasteiger partial charge in [0.05, 0.1) is 10.5 Å². The van der Waals surface area contributed by atoms with Gasteiger partial charge in [0.2, 0.25) is 0 Å². The minimum absolute atomic E-state index is 0.00176. The van der Waals surface area contributed by atoms with Crippen molar-refractivity contribution in [1.29, 1.82) is 0 Å². The summed E-state index contributed by atoms with van der Waals surface area (Å²) in [4.78, 5) is 0. The van der Waals surface area contributed by atoms with Crippen LogP contribution < -0.4 is 5.32 Å². The van der Waals surface area contributed by atoms with Crippen LogP contribution in [0.2, 0.25) is 0 Å². The third-order valence-electron chi connectivity index (χ3n) is 3.43. The lowest BCUT2D eigenvalue weighted by atomic mass is 9.96. The molecule has 1 atom stereocenters. The van der Waals surface area contributed by atoms with Gasteiger partial charge < -0.3 is 5.32 Å². The van der Waals surface area contributed by atoms with E-state index in [1.54, 1.807) is 12.1 Å². The second-order valence-corrected chi connectivity index (χ2v) is 5.59. The van der Waals surface area contributed by atoms with Crippen molar-refractivity contribution in [1.82, 2.24) is 5.32 Å². The second kappa shape index (κ2) is 5.85. The maximum absolute atomic E-state index is 13.7. The van der Waals surface area contributed by atoms with E-state index in [4.69, 9.17) is 0 Å². The lowest BCUT2D eigenvalue weighted by Gasteiger charge is -2.18. The van der Waals surface area contributed by atoms with Crippen molar-refractivity contribution in [3.63, 3.8) is 0 Å². The predicted octanol–water partition coefficient (Wildman–Crippen LogP) is 4.51. The van der Waals surface area contributed by atoms with Gasteiger partial charge in [0.25, 0.3) is 0 Å². The number of hydrogen-bond acceptors (Lipinski definition) is 1. The smallest absolute Gasteiger partial charge is 0.137 e. The second-order valence-electron chi connectivity index (χ2n) is 4.74. The fourth-order valence-corrected chi connectivity index (χ4v) is 2.41. The van der Waals surface area contributed by atoms with Crippen molar-refractivity contribution >= 4 is 15.9 Å². The van der Waals surface area contributed by atoms with Crippen LogP contribution in [-0.4, -0.2) is 7.05 Å². The molecule has 2 rings (SSSR count). The molecule has 2 aromatic carbocycles. The molecule has 0 radical (unpaired) electrons. The van der Waals surface area contributed by atoms with Crippen molar-refractivity contribution in [2.45, 2.75) is 19.9 Å². The topological polar surface area (TPSA) is 12.0 Å². The minimum atomic E-state index is -0.235. The van der Waals surface area contributed by atoms with E-state index in [0.717, 1.165) is 11.1 Å². The molecule has 100 valence electrons. The average molecular weight is 322 g/mol. The summed E-state index contributed by atoms with van der Waals surface area (Å²) in [6.45, 7) is 4.18. The molecular formula is C16H17BrFN. The number of hydrogen-bond donors (Lipinski definition) is 1. The van der Waals surface area contributed by atoms with Gasteiger partial charge in [-0.2, -0.15) is 0 Å². The van der Waals surface area contributed by atoms with Gasteiger partial charge in [-0.25, -0.2) is 4.39 Å². The largest absolute Gasteiger partial charge is 0.309 e. The van der Waals surface area contributed by atoms with Crippen LogP contribution in [0.1, 0.15) is 28.3 Å². The molecular weight excluding hydrogens is 305 g/mol. The summed E-state index contributed by atoms with van der Waals surface area (Å²) in [7, 11) is 1.89. The summed E-state index contributed by atoms with van der Waals surface area (Å²) in [5.74, 6) is -0.235. The van der Waals surface area contributed by atoms with Crippen molar-refractivity contribution in [3.05, 3.63) is 68.9 Å². The third-order valence-corrected chi connectivity index (χ3v) is 4.07. The molecule has 0 fully saturated rings. The normalized spacial score (nSPS) is 12.5. The lowest BCUT2D eigenvalue weighted by Crippen LogP contribution is -2.18. The molecule has 19 heavy (non-hydrogen) atoms. The molecule has 0 aliphatic carbocycles. The summed E-state index contributed by atoms with van der Waals surface area (Å²) < 4.78 is 14.2. The SMILES string of the molecule is CNC(c1ccc(C)c(C)c1)c1ccc(Br)c(F)c1. The van der Waals surface area contributed by atoms with Gasteiger partial charge in [0, 0.05) is 0 Å². The van der Waals surface area contributed by atoms with Crippen LogP contribution >= 0.6 is 15.9 Å². The highest BCUT2D eigenvalue weighted by molar-refractivity contribution is 9.10. The molecule has 1 nitrogen and oxygen atoms in total. The van der Waals surface area contributed by atoms with Crippen molar-refractivity contribution in [2.24, 2.45) is 0 Å². The summed E-state index contributed by atoms with van der Waals surface area (Å²) in [5, 5.41) is 3.25. The molecule has 0 saturated carbocycles. The quantitative estimate of drug-likeness (QED) is 0.876. The van der Waals surface area contributed by atoms with Gasteiger partial charge in [-0.3, -0.25) is 0 Å². The Hall–Kier alpha value is -1.19. The number of aryl methyl sites for hydroxylation is 2. The van der Waals surface area contributed by atoms with E-state index >= 15 is 0 Å². The number of nitrogens with one attached hydrogen (secondary N) is 1. The molecule has 2 aromatic rings. The van der Waals surface area contributed by atoms with Crippen LogP contribution in [0.15, 0.2) is 40.9 Å². The maximum atomic E-state index is 13.7. The molecule has 0 bridgehead atoms. The zero-order valence-corrected chi connectivity index (χ0v) is 12.9. The molecule has 0 amide bonds. The fraction of sp³-hybridized carbons (Fsp3) is 0.250. The maximum Gasteiger partial charge on any atom is 0.137 e. The first-order chi connectivity index (χ1) is 9.02. The fourth-order valence-electron chi connectivity index (χ4n) is 2.16. The number of benzene rings is 2. The molecule has 0 aromatic heterocycles. The minimum Gasteiger partial charge on any atom is -0.309 e. The van der Waals surface area contributed by atoms with Crippen molar-refractivity contribution < 1.29 is 4.39 Å². The molecule has 0 spiro atoms. The van der Waals surface area contributed by atoms with E-state index in [0.29, 0.717) is 4.47 Å². The van der Waals surface area contributed by atoms with Crippen LogP contribution in [-0.2, 0) is 0 Å². The molecule has 0 saturated heterocycles. The van der Waals surface area contributed by atoms with Crippen molar-refractivity contribution in [2.75, 3.05) is 7.05 Å². The van der Waals surface area contributed by atoms with Gasteiger partial charge in [-0.15, -0.1) is 0 Å². The Bertz CT molecular complexity index is 544. The first-order valence-electron chi connectivity index (χ1n) is 6.22. The van der Waals surface area contributed by atoms with E-state index in [1.807, 2.05) is 13.1 Å². The summed E-state index contributed by atoms with van der Waals surface area (Å²) in [6, 6.07) is 11.6. The van der Waals surface area contributed by atoms with E-state index in [1.165, 1.54) is 11.1 Å². The number of rotatable bonds is 3. The Balaban J connectivity index is 2.43. The van der Waals surface area contributed by atoms with E-state index in [-0.39, 0.29) is 11.9 Å². The van der Waals surface area contributed by atoms with Gasteiger partial charge in [-0.1, -0.05) is 24.3 Å². The zero-order chi connectivity index (χ0) is 14.0. The molecule has 1 unspecified atom stereocenters. The Morgan fingerprint density at radius 3 is 2.21 bits per heavy atom. The van der Waals surface area contributed by atoms with Gasteiger partial charge in [-0.05, 0) is 71.2 Å². The zero-order valence-electron chi connectivity index (χ0n) is 11.3. The van der Waals surface area contributed by atoms with Crippen LogP contribution in [0.25, 0.3) is 0 Å². The Labute approximate surface area is 122 Å². The van der Waals surface area contributed by atoms with Crippen LogP contribution in [0.3, 0.4) is 0 Å². The third kappa shape index (κ3) is 3.04. The molecule has 0 aliphatic rings. The summed E-state index contributed by atoms with van der Waals surface area (Å²) in [5.41, 5.74) is 4.58. The monoisotopic (exact) mass is 321 g/mol. The van der Waals surface area contributed by atoms with E-state index in [2.05, 4.69) is 53.3 Å². The molecule has 0 aliphatic heterocycles. The predicted molar refractivity (Wildman–Crippen MR) is 80.9 cm³/mol. The van der Waals surface area contributed by atoms with E-state index < -0.39 is 0 Å². The number of halogens is 2. The highest BCUT2D eigenvalue weighted by Crippen LogP contribution is 2.26. The Morgan fingerprint density at radius 2 is 1.63 bits per heavy atom. The van der Waals surface area contributed by atoms with Crippen molar-refractivity contribution in [3.8, 4) is 0 Å². The highest BCUT2D eigenvalue weighted by Gasteiger charge is 2.14. The Kier molecular flexibility index (Phi) is 4.38. The first-order valence-corrected chi connectivity index (χ1v) is 7.01. The van der Waals surface area contributed by atoms with Gasteiger partial charge >= 0.3 is 0 Å². The van der Waals surface area contributed by atoms with E-state index in [9.17, 15) is 4.39 Å². The van der Waals surface area contributed by atoms with Crippen LogP contribution in [0.4, 0.5) is 4.39 Å². The summed E-state index contributed by atoms with van der Waals surface area (Å²) in [6.07, 6.45) is 0. The average Bonchev–Trinajstić information content (AvgIpc) is 2.39. The van der Waals surface area contributed by atoms with Gasteiger partial charge in [0.1, 0.15) is 5.82 Å². The summed E-state index contributed by atoms with van der Waals surface area (Å²) >= 11 is 3.18. The molecule has 1 N–H and O–H groups in total. The Morgan fingerprint density at radius 1 is 1.00 bits per heavy atom.